The van der Waals surface area contributed by atoms with Gasteiger partial charge in [0.15, 0.2) is 0 Å². The van der Waals surface area contributed by atoms with Gasteiger partial charge in [-0.25, -0.2) is 0 Å². The topological polar surface area (TPSA) is 3.24 Å². The van der Waals surface area contributed by atoms with Crippen molar-refractivity contribution in [2.45, 2.75) is 19.3 Å². The SMILES string of the molecule is CC1(C)c2cc(N(c3ccccc3)c3ccccc3-c3ccccc3-c3ccccc3)ccc2-c2c1cc1ccccc1c2-c1ccccc1. The summed E-state index contributed by atoms with van der Waals surface area (Å²) in [6.45, 7) is 4.78. The molecule has 238 valence electrons. The standard InChI is InChI=1S/C49H37N/c1-49(2)44-33-38(30-31-43(44)48-45(49)32-36-22-12-13-26-40(36)47(48)35-20-8-4-9-21-35)50(37-23-10-5-11-24-37)46-29-17-16-28-42(46)41-27-15-14-25-39(41)34-18-6-3-7-19-34/h3-33H,1-2H3. The summed E-state index contributed by atoms with van der Waals surface area (Å²) >= 11 is 0. The van der Waals surface area contributed by atoms with Crippen LogP contribution >= 0.6 is 0 Å². The van der Waals surface area contributed by atoms with Gasteiger partial charge in [-0.15, -0.1) is 0 Å². The van der Waals surface area contributed by atoms with Crippen LogP contribution in [0.15, 0.2) is 188 Å². The molecule has 50 heavy (non-hydrogen) atoms. The lowest BCUT2D eigenvalue weighted by atomic mass is 9.80. The predicted molar refractivity (Wildman–Crippen MR) is 213 cm³/mol. The van der Waals surface area contributed by atoms with E-state index < -0.39 is 0 Å². The molecular formula is C49H37N. The zero-order valence-corrected chi connectivity index (χ0v) is 28.3. The maximum Gasteiger partial charge on any atom is 0.0540 e. The minimum absolute atomic E-state index is 0.198. The maximum absolute atomic E-state index is 2.45. The highest BCUT2D eigenvalue weighted by Crippen LogP contribution is 2.56. The zero-order valence-electron chi connectivity index (χ0n) is 28.3. The largest absolute Gasteiger partial charge is 0.310 e. The molecule has 1 nitrogen and oxygen atoms in total. The highest BCUT2D eigenvalue weighted by molar-refractivity contribution is 6.08. The first-order chi connectivity index (χ1) is 24.6. The molecule has 0 N–H and O–H groups in total. The van der Waals surface area contributed by atoms with Gasteiger partial charge in [-0.3, -0.25) is 0 Å². The highest BCUT2D eigenvalue weighted by Gasteiger charge is 2.38. The van der Waals surface area contributed by atoms with E-state index in [1.54, 1.807) is 0 Å². The normalized spacial score (nSPS) is 12.8. The van der Waals surface area contributed by atoms with E-state index >= 15 is 0 Å². The van der Waals surface area contributed by atoms with Gasteiger partial charge < -0.3 is 4.90 Å². The molecule has 0 unspecified atom stereocenters. The third kappa shape index (κ3) is 4.85. The Kier molecular flexibility index (Phi) is 7.21. The zero-order chi connectivity index (χ0) is 33.7. The number of rotatable bonds is 6. The smallest absolute Gasteiger partial charge is 0.0540 e. The van der Waals surface area contributed by atoms with E-state index in [0.29, 0.717) is 0 Å². The predicted octanol–water partition coefficient (Wildman–Crippen LogP) is 13.6. The molecule has 0 saturated carbocycles. The van der Waals surface area contributed by atoms with Gasteiger partial charge in [-0.1, -0.05) is 166 Å². The van der Waals surface area contributed by atoms with E-state index in [2.05, 4.69) is 207 Å². The van der Waals surface area contributed by atoms with Gasteiger partial charge in [0.05, 0.1) is 5.69 Å². The van der Waals surface area contributed by atoms with Crippen LogP contribution in [0.4, 0.5) is 17.1 Å². The second-order valence-corrected chi connectivity index (χ2v) is 13.7. The van der Waals surface area contributed by atoms with E-state index in [4.69, 9.17) is 0 Å². The van der Waals surface area contributed by atoms with Crippen LogP contribution in [-0.2, 0) is 5.41 Å². The van der Waals surface area contributed by atoms with E-state index in [1.165, 1.54) is 66.4 Å². The van der Waals surface area contributed by atoms with Gasteiger partial charge >= 0.3 is 0 Å². The van der Waals surface area contributed by atoms with Crippen LogP contribution in [-0.4, -0.2) is 0 Å². The van der Waals surface area contributed by atoms with Crippen LogP contribution in [0.1, 0.15) is 25.0 Å². The van der Waals surface area contributed by atoms with Gasteiger partial charge in [-0.05, 0) is 97.2 Å². The molecule has 9 rings (SSSR count). The summed E-state index contributed by atoms with van der Waals surface area (Å²) in [7, 11) is 0. The number of hydrogen-bond donors (Lipinski definition) is 0. The van der Waals surface area contributed by atoms with Crippen LogP contribution in [0.2, 0.25) is 0 Å². The molecule has 0 aliphatic heterocycles. The van der Waals surface area contributed by atoms with Gasteiger partial charge in [0.1, 0.15) is 0 Å². The first-order valence-corrected chi connectivity index (χ1v) is 17.5. The van der Waals surface area contributed by atoms with Crippen molar-refractivity contribution >= 4 is 27.8 Å². The molecule has 0 radical (unpaired) electrons. The molecule has 0 fully saturated rings. The molecule has 0 amide bonds. The molecule has 8 aromatic carbocycles. The highest BCUT2D eigenvalue weighted by atomic mass is 15.1. The Hall–Kier alpha value is -6.18. The van der Waals surface area contributed by atoms with Crippen molar-refractivity contribution in [2.75, 3.05) is 4.90 Å². The molecule has 1 heteroatoms. The number of anilines is 3. The lowest BCUT2D eigenvalue weighted by Gasteiger charge is -2.30. The number of benzene rings is 8. The van der Waals surface area contributed by atoms with Crippen molar-refractivity contribution in [3.05, 3.63) is 199 Å². The van der Waals surface area contributed by atoms with Crippen molar-refractivity contribution in [2.24, 2.45) is 0 Å². The van der Waals surface area contributed by atoms with Crippen LogP contribution in [0.3, 0.4) is 0 Å². The summed E-state index contributed by atoms with van der Waals surface area (Å²) in [5.41, 5.74) is 16.0. The number of hydrogen-bond acceptors (Lipinski definition) is 1. The van der Waals surface area contributed by atoms with Crippen LogP contribution in [0.25, 0.3) is 55.3 Å². The second kappa shape index (κ2) is 12.1. The summed E-state index contributed by atoms with van der Waals surface area (Å²) in [5, 5.41) is 2.57. The summed E-state index contributed by atoms with van der Waals surface area (Å²) in [6.07, 6.45) is 0. The second-order valence-electron chi connectivity index (χ2n) is 13.7. The quantitative estimate of drug-likeness (QED) is 0.175. The van der Waals surface area contributed by atoms with Crippen molar-refractivity contribution < 1.29 is 0 Å². The Labute approximate surface area is 294 Å². The fraction of sp³-hybridized carbons (Fsp3) is 0.0612. The van der Waals surface area contributed by atoms with E-state index in [9.17, 15) is 0 Å². The number of para-hydroxylation sites is 2. The average Bonchev–Trinajstić information content (AvgIpc) is 3.40. The molecule has 0 saturated heterocycles. The average molecular weight is 640 g/mol. The Morgan fingerprint density at radius 3 is 1.70 bits per heavy atom. The molecule has 1 aliphatic carbocycles. The monoisotopic (exact) mass is 639 g/mol. The molecule has 8 aromatic rings. The summed E-state index contributed by atoms with van der Waals surface area (Å²) < 4.78 is 0. The fourth-order valence-electron chi connectivity index (χ4n) is 8.06. The Balaban J connectivity index is 1.27. The Morgan fingerprint density at radius 2 is 0.960 bits per heavy atom. The van der Waals surface area contributed by atoms with Gasteiger partial charge in [0.25, 0.3) is 0 Å². The van der Waals surface area contributed by atoms with Gasteiger partial charge in [0.2, 0.25) is 0 Å². The van der Waals surface area contributed by atoms with E-state index in [0.717, 1.165) is 17.1 Å². The molecule has 1 aliphatic rings. The number of nitrogens with zero attached hydrogens (tertiary/aromatic N) is 1. The lowest BCUT2D eigenvalue weighted by Crippen LogP contribution is -2.17. The number of fused-ring (bicyclic) bond motifs is 4. The van der Waals surface area contributed by atoms with Crippen LogP contribution in [0, 0.1) is 0 Å². The Bertz CT molecular complexity index is 2490. The Morgan fingerprint density at radius 1 is 0.380 bits per heavy atom. The third-order valence-electron chi connectivity index (χ3n) is 10.5. The van der Waals surface area contributed by atoms with Crippen LogP contribution in [0.5, 0.6) is 0 Å². The van der Waals surface area contributed by atoms with E-state index in [-0.39, 0.29) is 5.41 Å². The summed E-state index contributed by atoms with van der Waals surface area (Å²) in [4.78, 5) is 2.44. The molecule has 0 spiro atoms. The van der Waals surface area contributed by atoms with Gasteiger partial charge in [0, 0.05) is 22.4 Å². The third-order valence-corrected chi connectivity index (χ3v) is 10.5. The van der Waals surface area contributed by atoms with E-state index in [1.807, 2.05) is 0 Å². The lowest BCUT2D eigenvalue weighted by molar-refractivity contribution is 0.661. The molecule has 0 heterocycles. The first kappa shape index (κ1) is 29.9. The fourth-order valence-corrected chi connectivity index (χ4v) is 8.06. The molecule has 0 atom stereocenters. The minimum atomic E-state index is -0.198. The molecular weight excluding hydrogens is 603 g/mol. The first-order valence-electron chi connectivity index (χ1n) is 17.5. The van der Waals surface area contributed by atoms with Crippen molar-refractivity contribution in [1.82, 2.24) is 0 Å². The van der Waals surface area contributed by atoms with Crippen molar-refractivity contribution in [3.63, 3.8) is 0 Å². The van der Waals surface area contributed by atoms with Crippen molar-refractivity contribution in [1.29, 1.82) is 0 Å². The summed E-state index contributed by atoms with van der Waals surface area (Å²) in [6, 6.07) is 68.4. The van der Waals surface area contributed by atoms with Crippen molar-refractivity contribution in [3.8, 4) is 44.5 Å². The summed E-state index contributed by atoms with van der Waals surface area (Å²) in [5.74, 6) is 0. The maximum atomic E-state index is 2.45. The molecule has 0 aromatic heterocycles. The van der Waals surface area contributed by atoms with Gasteiger partial charge in [-0.2, -0.15) is 0 Å². The molecule has 0 bridgehead atoms. The van der Waals surface area contributed by atoms with Crippen LogP contribution < -0.4 is 4.90 Å². The minimum Gasteiger partial charge on any atom is -0.310 e.